The second-order valence-electron chi connectivity index (χ2n) is 5.03. The molecule has 3 rings (SSSR count). The van der Waals surface area contributed by atoms with Crippen molar-refractivity contribution in [3.05, 3.63) is 36.5 Å². The van der Waals surface area contributed by atoms with Crippen molar-refractivity contribution in [1.29, 1.82) is 0 Å². The first-order chi connectivity index (χ1) is 9.84. The zero-order valence-corrected chi connectivity index (χ0v) is 11.2. The largest absolute Gasteiger partial charge is 0.352 e. The van der Waals surface area contributed by atoms with Crippen LogP contribution in [0.1, 0.15) is 31.2 Å². The Bertz CT molecular complexity index is 575. The van der Waals surface area contributed by atoms with Crippen LogP contribution in [0.2, 0.25) is 0 Å². The minimum Gasteiger partial charge on any atom is -0.352 e. The van der Waals surface area contributed by atoms with Crippen molar-refractivity contribution in [2.75, 3.05) is 0 Å². The number of hydrogen-bond acceptors (Lipinski definition) is 4. The Balaban J connectivity index is 1.70. The molecule has 0 saturated heterocycles. The summed E-state index contributed by atoms with van der Waals surface area (Å²) >= 11 is 0. The summed E-state index contributed by atoms with van der Waals surface area (Å²) in [5, 5.41) is 7.08. The van der Waals surface area contributed by atoms with E-state index in [1.165, 1.54) is 6.33 Å². The topological polar surface area (TPSA) is 72.7 Å². The first-order valence-corrected chi connectivity index (χ1v) is 6.91. The SMILES string of the molecule is O=C(NCc1cccnc1-n1cncn1)C1CCCC1. The fourth-order valence-electron chi connectivity index (χ4n) is 2.61. The van der Waals surface area contributed by atoms with Crippen LogP contribution in [0, 0.1) is 5.92 Å². The van der Waals surface area contributed by atoms with Gasteiger partial charge in [-0.05, 0) is 18.9 Å². The van der Waals surface area contributed by atoms with Gasteiger partial charge >= 0.3 is 0 Å². The summed E-state index contributed by atoms with van der Waals surface area (Å²) in [4.78, 5) is 20.3. The Kier molecular flexibility index (Phi) is 3.71. The van der Waals surface area contributed by atoms with Crippen molar-refractivity contribution in [3.63, 3.8) is 0 Å². The second kappa shape index (κ2) is 5.81. The van der Waals surface area contributed by atoms with Gasteiger partial charge in [0, 0.05) is 24.2 Å². The number of amides is 1. The summed E-state index contributed by atoms with van der Waals surface area (Å²) < 4.78 is 1.61. The molecule has 2 aromatic heterocycles. The lowest BCUT2D eigenvalue weighted by atomic mass is 10.1. The van der Waals surface area contributed by atoms with Gasteiger partial charge < -0.3 is 5.32 Å². The Morgan fingerprint density at radius 3 is 3.00 bits per heavy atom. The van der Waals surface area contributed by atoms with Crippen LogP contribution in [0.15, 0.2) is 31.0 Å². The van der Waals surface area contributed by atoms with Crippen LogP contribution in [0.4, 0.5) is 0 Å². The number of carbonyl (C=O) groups is 1. The summed E-state index contributed by atoms with van der Waals surface area (Å²) in [5.74, 6) is 1.04. The van der Waals surface area contributed by atoms with Crippen LogP contribution in [0.3, 0.4) is 0 Å². The minimum atomic E-state index is 0.149. The summed E-state index contributed by atoms with van der Waals surface area (Å²) in [6.45, 7) is 0.471. The average molecular weight is 271 g/mol. The van der Waals surface area contributed by atoms with Gasteiger partial charge in [0.2, 0.25) is 5.91 Å². The van der Waals surface area contributed by atoms with E-state index in [0.717, 1.165) is 31.2 Å². The van der Waals surface area contributed by atoms with Crippen LogP contribution in [-0.4, -0.2) is 25.7 Å². The maximum atomic E-state index is 12.1. The van der Waals surface area contributed by atoms with E-state index in [-0.39, 0.29) is 11.8 Å². The summed E-state index contributed by atoms with van der Waals surface area (Å²) in [7, 11) is 0. The predicted molar refractivity (Wildman–Crippen MR) is 73.0 cm³/mol. The molecule has 2 aromatic rings. The first-order valence-electron chi connectivity index (χ1n) is 6.91. The molecular formula is C14H17N5O. The molecule has 6 nitrogen and oxygen atoms in total. The smallest absolute Gasteiger partial charge is 0.223 e. The standard InChI is InChI=1S/C14H17N5O/c20-14(11-4-1-2-5-11)17-8-12-6-3-7-16-13(12)19-10-15-9-18-19/h3,6-7,9-11H,1-2,4-5,8H2,(H,17,20). The van der Waals surface area contributed by atoms with Gasteiger partial charge in [0.25, 0.3) is 0 Å². The molecule has 0 bridgehead atoms. The summed E-state index contributed by atoms with van der Waals surface area (Å²) in [6, 6.07) is 3.80. The summed E-state index contributed by atoms with van der Waals surface area (Å²) in [5.41, 5.74) is 0.935. The van der Waals surface area contributed by atoms with Gasteiger partial charge in [0.05, 0.1) is 0 Å². The highest BCUT2D eigenvalue weighted by Crippen LogP contribution is 2.24. The molecule has 0 aromatic carbocycles. The van der Waals surface area contributed by atoms with Crippen molar-refractivity contribution in [1.82, 2.24) is 25.1 Å². The highest BCUT2D eigenvalue weighted by Gasteiger charge is 2.22. The van der Waals surface area contributed by atoms with Crippen LogP contribution < -0.4 is 5.32 Å². The van der Waals surface area contributed by atoms with Gasteiger partial charge in [-0.25, -0.2) is 14.6 Å². The molecule has 20 heavy (non-hydrogen) atoms. The van der Waals surface area contributed by atoms with Gasteiger partial charge in [-0.1, -0.05) is 18.9 Å². The molecule has 2 heterocycles. The molecule has 1 fully saturated rings. The van der Waals surface area contributed by atoms with Gasteiger partial charge in [-0.15, -0.1) is 0 Å². The van der Waals surface area contributed by atoms with E-state index in [4.69, 9.17) is 0 Å². The third-order valence-electron chi connectivity index (χ3n) is 3.68. The maximum Gasteiger partial charge on any atom is 0.223 e. The molecule has 6 heteroatoms. The molecule has 1 N–H and O–H groups in total. The van der Waals surface area contributed by atoms with Crippen molar-refractivity contribution in [2.45, 2.75) is 32.2 Å². The molecule has 0 atom stereocenters. The van der Waals surface area contributed by atoms with Gasteiger partial charge in [0.15, 0.2) is 5.82 Å². The van der Waals surface area contributed by atoms with Crippen molar-refractivity contribution >= 4 is 5.91 Å². The zero-order valence-electron chi connectivity index (χ0n) is 11.2. The molecule has 1 amide bonds. The highest BCUT2D eigenvalue weighted by atomic mass is 16.1. The monoisotopic (exact) mass is 271 g/mol. The van der Waals surface area contributed by atoms with Gasteiger partial charge in [0.1, 0.15) is 12.7 Å². The fraction of sp³-hybridized carbons (Fsp3) is 0.429. The molecule has 0 unspecified atom stereocenters. The molecule has 1 aliphatic rings. The number of nitrogens with zero attached hydrogens (tertiary/aromatic N) is 4. The Morgan fingerprint density at radius 1 is 1.40 bits per heavy atom. The van der Waals surface area contributed by atoms with Gasteiger partial charge in [-0.3, -0.25) is 4.79 Å². The first kappa shape index (κ1) is 12.8. The molecule has 0 spiro atoms. The molecule has 104 valence electrons. The summed E-state index contributed by atoms with van der Waals surface area (Å²) in [6.07, 6.45) is 9.12. The van der Waals surface area contributed by atoms with Gasteiger partial charge in [-0.2, -0.15) is 5.10 Å². The average Bonchev–Trinajstić information content (AvgIpc) is 3.17. The van der Waals surface area contributed by atoms with Crippen LogP contribution in [0.5, 0.6) is 0 Å². The number of nitrogens with one attached hydrogen (secondary N) is 1. The Morgan fingerprint density at radius 2 is 2.25 bits per heavy atom. The van der Waals surface area contributed by atoms with Crippen LogP contribution in [-0.2, 0) is 11.3 Å². The number of rotatable bonds is 4. The highest BCUT2D eigenvalue weighted by molar-refractivity contribution is 5.78. The third kappa shape index (κ3) is 2.68. The Hall–Kier alpha value is -2.24. The number of aromatic nitrogens is 4. The predicted octanol–water partition coefficient (Wildman–Crippen LogP) is 1.47. The quantitative estimate of drug-likeness (QED) is 0.914. The van der Waals surface area contributed by atoms with Crippen molar-refractivity contribution in [2.24, 2.45) is 5.92 Å². The van der Waals surface area contributed by atoms with E-state index in [1.807, 2.05) is 12.1 Å². The van der Waals surface area contributed by atoms with Crippen molar-refractivity contribution in [3.8, 4) is 5.82 Å². The molecule has 0 radical (unpaired) electrons. The maximum absolute atomic E-state index is 12.1. The van der Waals surface area contributed by atoms with Crippen LogP contribution >= 0.6 is 0 Å². The van der Waals surface area contributed by atoms with E-state index in [9.17, 15) is 4.79 Å². The van der Waals surface area contributed by atoms with Crippen molar-refractivity contribution < 1.29 is 4.79 Å². The van der Waals surface area contributed by atoms with Crippen LogP contribution in [0.25, 0.3) is 5.82 Å². The van der Waals surface area contributed by atoms with E-state index >= 15 is 0 Å². The lowest BCUT2D eigenvalue weighted by Crippen LogP contribution is -2.29. The van der Waals surface area contributed by atoms with E-state index < -0.39 is 0 Å². The zero-order chi connectivity index (χ0) is 13.8. The lowest BCUT2D eigenvalue weighted by Gasteiger charge is -2.12. The lowest BCUT2D eigenvalue weighted by molar-refractivity contribution is -0.124. The minimum absolute atomic E-state index is 0.149. The van der Waals surface area contributed by atoms with E-state index in [2.05, 4.69) is 20.4 Å². The molecule has 1 aliphatic carbocycles. The number of hydrogen-bond donors (Lipinski definition) is 1. The molecule has 0 aliphatic heterocycles. The second-order valence-corrected chi connectivity index (χ2v) is 5.03. The fourth-order valence-corrected chi connectivity index (χ4v) is 2.61. The molecular weight excluding hydrogens is 254 g/mol. The molecule has 1 saturated carbocycles. The van der Waals surface area contributed by atoms with E-state index in [0.29, 0.717) is 12.4 Å². The normalized spacial score (nSPS) is 15.4. The Labute approximate surface area is 117 Å². The number of carbonyl (C=O) groups excluding carboxylic acids is 1. The number of pyridine rings is 1. The third-order valence-corrected chi connectivity index (χ3v) is 3.68. The van der Waals surface area contributed by atoms with E-state index in [1.54, 1.807) is 17.2 Å².